The van der Waals surface area contributed by atoms with Crippen LogP contribution in [0, 0.1) is 12.8 Å². The number of aliphatic hydroxyl groups excluding tert-OH is 1. The number of aliphatic hydroxyl groups is 1. The van der Waals surface area contributed by atoms with E-state index in [4.69, 9.17) is 0 Å². The molecule has 0 saturated heterocycles. The van der Waals surface area contributed by atoms with E-state index in [0.717, 1.165) is 0 Å². The molecule has 90 valence electrons. The second kappa shape index (κ2) is 4.47. The summed E-state index contributed by atoms with van der Waals surface area (Å²) in [4.78, 5) is 1.39. The monoisotopic (exact) mass is 239 g/mol. The topological polar surface area (TPSA) is 32.3 Å². The van der Waals surface area contributed by atoms with Crippen molar-refractivity contribution in [2.24, 2.45) is 5.92 Å². The zero-order valence-electron chi connectivity index (χ0n) is 10.3. The molecule has 1 aliphatic rings. The minimum atomic E-state index is -0.101. The Hall–Kier alpha value is -0.380. The Morgan fingerprint density at radius 3 is 2.75 bits per heavy atom. The first-order valence-electron chi connectivity index (χ1n) is 5.99. The molecule has 16 heavy (non-hydrogen) atoms. The molecule has 1 aromatic heterocycles. The molecule has 0 radical (unpaired) electrons. The van der Waals surface area contributed by atoms with Crippen LogP contribution in [0.25, 0.3) is 0 Å². The van der Waals surface area contributed by atoms with Gasteiger partial charge in [0, 0.05) is 16.5 Å². The summed E-state index contributed by atoms with van der Waals surface area (Å²) >= 11 is 1.80. The fourth-order valence-corrected chi connectivity index (χ4v) is 3.34. The molecule has 1 heterocycles. The molecule has 0 aromatic carbocycles. The molecule has 2 nitrogen and oxygen atoms in total. The van der Waals surface area contributed by atoms with Crippen LogP contribution in [0.5, 0.6) is 0 Å². The van der Waals surface area contributed by atoms with Gasteiger partial charge in [-0.25, -0.2) is 0 Å². The summed E-state index contributed by atoms with van der Waals surface area (Å²) in [5, 5.41) is 15.3. The van der Waals surface area contributed by atoms with Crippen LogP contribution in [0.2, 0.25) is 0 Å². The quantitative estimate of drug-likeness (QED) is 0.828. The van der Waals surface area contributed by atoms with E-state index in [1.165, 1.54) is 23.3 Å². The lowest BCUT2D eigenvalue weighted by Gasteiger charge is -2.32. The van der Waals surface area contributed by atoms with Gasteiger partial charge in [0.15, 0.2) is 0 Å². The second-order valence-electron chi connectivity index (χ2n) is 5.18. The van der Waals surface area contributed by atoms with E-state index in [2.05, 4.69) is 37.5 Å². The highest BCUT2D eigenvalue weighted by Gasteiger charge is 2.41. The maximum Gasteiger partial charge on any atom is 0.0613 e. The fourth-order valence-electron chi connectivity index (χ4n) is 2.40. The van der Waals surface area contributed by atoms with Crippen LogP contribution in [-0.4, -0.2) is 17.3 Å². The predicted octanol–water partition coefficient (Wildman–Crippen LogP) is 2.87. The maximum absolute atomic E-state index is 9.55. The molecule has 1 aromatic rings. The fraction of sp³-hybridized carbons (Fsp3) is 0.692. The molecule has 3 heteroatoms. The summed E-state index contributed by atoms with van der Waals surface area (Å²) in [6.45, 7) is 6.71. The number of rotatable bonds is 5. The summed E-state index contributed by atoms with van der Waals surface area (Å²) in [7, 11) is 0. The van der Waals surface area contributed by atoms with Gasteiger partial charge < -0.3 is 10.4 Å². The molecular weight excluding hydrogens is 218 g/mol. The van der Waals surface area contributed by atoms with E-state index in [1.807, 2.05) is 0 Å². The molecule has 2 atom stereocenters. The molecule has 0 amide bonds. The Morgan fingerprint density at radius 1 is 1.62 bits per heavy atom. The van der Waals surface area contributed by atoms with Gasteiger partial charge in [0.25, 0.3) is 0 Å². The minimum absolute atomic E-state index is 0.101. The van der Waals surface area contributed by atoms with E-state index >= 15 is 0 Å². The van der Waals surface area contributed by atoms with Crippen LogP contribution in [0.1, 0.15) is 43.2 Å². The summed E-state index contributed by atoms with van der Waals surface area (Å²) in [6, 6.07) is 2.49. The third-order valence-electron chi connectivity index (χ3n) is 3.65. The Morgan fingerprint density at radius 2 is 2.31 bits per heavy atom. The molecule has 1 aliphatic carbocycles. The van der Waals surface area contributed by atoms with Crippen LogP contribution in [0.4, 0.5) is 0 Å². The van der Waals surface area contributed by atoms with Crippen molar-refractivity contribution in [2.45, 2.75) is 45.2 Å². The first-order chi connectivity index (χ1) is 7.57. The molecular formula is C13H21NOS. The third-order valence-corrected chi connectivity index (χ3v) is 4.85. The lowest BCUT2D eigenvalue weighted by molar-refractivity contribution is 0.144. The number of nitrogens with one attached hydrogen (secondary N) is 1. The van der Waals surface area contributed by atoms with Crippen LogP contribution in [0.3, 0.4) is 0 Å². The molecule has 0 spiro atoms. The zero-order chi connectivity index (χ0) is 11.8. The molecule has 1 saturated carbocycles. The number of aryl methyl sites for hydroxylation is 1. The Balaban J connectivity index is 2.06. The van der Waals surface area contributed by atoms with Gasteiger partial charge in [-0.3, -0.25) is 0 Å². The number of hydrogen-bond acceptors (Lipinski definition) is 3. The molecule has 0 bridgehead atoms. The Labute approximate surface area is 102 Å². The molecule has 2 unspecified atom stereocenters. The standard InChI is InChI=1S/C13H21NOS/c1-9-6-7-16-12(9)10(2)14-13(3,8-15)11-4-5-11/h6-7,10-11,14-15H,4-5,8H2,1-3H3. The predicted molar refractivity (Wildman–Crippen MR) is 68.8 cm³/mol. The first-order valence-corrected chi connectivity index (χ1v) is 6.87. The van der Waals surface area contributed by atoms with Gasteiger partial charge in [-0.1, -0.05) is 0 Å². The van der Waals surface area contributed by atoms with Crippen molar-refractivity contribution in [1.29, 1.82) is 0 Å². The van der Waals surface area contributed by atoms with E-state index in [0.29, 0.717) is 12.0 Å². The van der Waals surface area contributed by atoms with E-state index in [1.54, 1.807) is 11.3 Å². The van der Waals surface area contributed by atoms with Gasteiger partial charge in [0.05, 0.1) is 6.61 Å². The molecule has 2 N–H and O–H groups in total. The number of thiophene rings is 1. The number of hydrogen-bond donors (Lipinski definition) is 2. The SMILES string of the molecule is Cc1ccsc1C(C)NC(C)(CO)C1CC1. The van der Waals surface area contributed by atoms with E-state index < -0.39 is 0 Å². The van der Waals surface area contributed by atoms with Crippen molar-refractivity contribution in [3.05, 3.63) is 21.9 Å². The molecule has 1 fully saturated rings. The minimum Gasteiger partial charge on any atom is -0.394 e. The van der Waals surface area contributed by atoms with Gasteiger partial charge in [-0.2, -0.15) is 0 Å². The van der Waals surface area contributed by atoms with Crippen molar-refractivity contribution < 1.29 is 5.11 Å². The highest BCUT2D eigenvalue weighted by molar-refractivity contribution is 7.10. The van der Waals surface area contributed by atoms with Crippen LogP contribution in [0.15, 0.2) is 11.4 Å². The summed E-state index contributed by atoms with van der Waals surface area (Å²) in [5.41, 5.74) is 1.25. The van der Waals surface area contributed by atoms with Crippen LogP contribution >= 0.6 is 11.3 Å². The lowest BCUT2D eigenvalue weighted by Crippen LogP contribution is -2.48. The summed E-state index contributed by atoms with van der Waals surface area (Å²) in [5.74, 6) is 0.653. The zero-order valence-corrected chi connectivity index (χ0v) is 11.1. The normalized spacial score (nSPS) is 21.8. The summed E-state index contributed by atoms with van der Waals surface area (Å²) in [6.07, 6.45) is 2.50. The van der Waals surface area contributed by atoms with Crippen molar-refractivity contribution >= 4 is 11.3 Å². The van der Waals surface area contributed by atoms with E-state index in [-0.39, 0.29) is 12.1 Å². The van der Waals surface area contributed by atoms with Crippen LogP contribution < -0.4 is 5.32 Å². The Kier molecular flexibility index (Phi) is 3.38. The molecule has 2 rings (SSSR count). The van der Waals surface area contributed by atoms with Crippen molar-refractivity contribution in [3.8, 4) is 0 Å². The highest BCUT2D eigenvalue weighted by atomic mass is 32.1. The van der Waals surface area contributed by atoms with Gasteiger partial charge in [-0.15, -0.1) is 11.3 Å². The highest BCUT2D eigenvalue weighted by Crippen LogP contribution is 2.40. The summed E-state index contributed by atoms with van der Waals surface area (Å²) < 4.78 is 0. The first kappa shape index (κ1) is 12.1. The largest absolute Gasteiger partial charge is 0.394 e. The third kappa shape index (κ3) is 2.31. The average Bonchev–Trinajstić information content (AvgIpc) is 3.02. The van der Waals surface area contributed by atoms with Gasteiger partial charge in [0.2, 0.25) is 0 Å². The van der Waals surface area contributed by atoms with E-state index in [9.17, 15) is 5.11 Å². The maximum atomic E-state index is 9.55. The van der Waals surface area contributed by atoms with Gasteiger partial charge >= 0.3 is 0 Å². The van der Waals surface area contributed by atoms with Crippen molar-refractivity contribution in [1.82, 2.24) is 5.32 Å². The Bertz CT molecular complexity index is 359. The van der Waals surface area contributed by atoms with Crippen molar-refractivity contribution in [2.75, 3.05) is 6.61 Å². The second-order valence-corrected chi connectivity index (χ2v) is 6.13. The smallest absolute Gasteiger partial charge is 0.0613 e. The van der Waals surface area contributed by atoms with Gasteiger partial charge in [-0.05, 0) is 56.5 Å². The van der Waals surface area contributed by atoms with Crippen LogP contribution in [-0.2, 0) is 0 Å². The molecule has 0 aliphatic heterocycles. The van der Waals surface area contributed by atoms with Gasteiger partial charge in [0.1, 0.15) is 0 Å². The lowest BCUT2D eigenvalue weighted by atomic mass is 9.95. The van der Waals surface area contributed by atoms with Crippen molar-refractivity contribution in [3.63, 3.8) is 0 Å². The average molecular weight is 239 g/mol.